The molecule has 1 aromatic carbocycles. The average Bonchev–Trinajstić information content (AvgIpc) is 2.65. The number of hydrogen-bond acceptors (Lipinski definition) is 3. The number of amides is 1. The zero-order valence-electron chi connectivity index (χ0n) is 9.64. The van der Waals surface area contributed by atoms with Crippen molar-refractivity contribution in [1.82, 2.24) is 9.97 Å². The summed E-state index contributed by atoms with van der Waals surface area (Å²) >= 11 is 5.83. The molecule has 1 atom stereocenters. The first kappa shape index (κ1) is 11.2. The van der Waals surface area contributed by atoms with Crippen LogP contribution in [-0.2, 0) is 4.79 Å². The van der Waals surface area contributed by atoms with Gasteiger partial charge in [0, 0.05) is 22.3 Å². The van der Waals surface area contributed by atoms with Crippen molar-refractivity contribution in [2.45, 2.75) is 12.8 Å². The van der Waals surface area contributed by atoms with Gasteiger partial charge in [-0.15, -0.1) is 0 Å². The average molecular weight is 260 g/mol. The summed E-state index contributed by atoms with van der Waals surface area (Å²) < 4.78 is 0. The number of aromatic nitrogens is 2. The van der Waals surface area contributed by atoms with E-state index in [2.05, 4.69) is 15.3 Å². The maximum Gasteiger partial charge on any atom is 0.232 e. The zero-order chi connectivity index (χ0) is 12.7. The molecule has 4 nitrogen and oxygen atoms in total. The molecule has 1 aliphatic rings. The molecule has 0 fully saturated rings. The predicted molar refractivity (Wildman–Crippen MR) is 69.5 cm³/mol. The van der Waals surface area contributed by atoms with Gasteiger partial charge in [0.1, 0.15) is 5.82 Å². The van der Waals surface area contributed by atoms with Crippen molar-refractivity contribution in [3.63, 3.8) is 0 Å². The minimum absolute atomic E-state index is 0.0347. The number of carbonyl (C=O) groups excluding carboxylic acids is 1. The Bertz CT molecular complexity index is 625. The molecule has 0 radical (unpaired) electrons. The number of rotatable bonds is 1. The van der Waals surface area contributed by atoms with Crippen molar-refractivity contribution in [1.29, 1.82) is 0 Å². The lowest BCUT2D eigenvalue weighted by Crippen LogP contribution is -2.08. The summed E-state index contributed by atoms with van der Waals surface area (Å²) in [7, 11) is 0. The second kappa shape index (κ2) is 4.07. The van der Waals surface area contributed by atoms with Crippen LogP contribution in [0.3, 0.4) is 0 Å². The summed E-state index contributed by atoms with van der Waals surface area (Å²) in [6, 6.07) is 7.28. The van der Waals surface area contributed by atoms with Crippen molar-refractivity contribution in [3.8, 4) is 11.4 Å². The Morgan fingerprint density at radius 3 is 2.72 bits per heavy atom. The zero-order valence-corrected chi connectivity index (χ0v) is 10.4. The SMILES string of the molecule is CC1C(=O)Nc2nc(-c3ccc(Cl)cc3)ncc21. The van der Waals surface area contributed by atoms with E-state index in [0.717, 1.165) is 11.1 Å². The third kappa shape index (κ3) is 1.75. The molecule has 18 heavy (non-hydrogen) atoms. The number of nitrogens with zero attached hydrogens (tertiary/aromatic N) is 2. The van der Waals surface area contributed by atoms with Gasteiger partial charge in [0.2, 0.25) is 5.91 Å². The van der Waals surface area contributed by atoms with Crippen molar-refractivity contribution < 1.29 is 4.79 Å². The molecule has 1 N–H and O–H groups in total. The first-order valence-electron chi connectivity index (χ1n) is 5.59. The van der Waals surface area contributed by atoms with E-state index in [-0.39, 0.29) is 11.8 Å². The van der Waals surface area contributed by atoms with E-state index in [1.165, 1.54) is 0 Å². The highest BCUT2D eigenvalue weighted by atomic mass is 35.5. The summed E-state index contributed by atoms with van der Waals surface area (Å²) in [5, 5.41) is 3.42. The number of halogens is 1. The van der Waals surface area contributed by atoms with Crippen LogP contribution in [-0.4, -0.2) is 15.9 Å². The first-order valence-corrected chi connectivity index (χ1v) is 5.96. The molecule has 1 unspecified atom stereocenters. The van der Waals surface area contributed by atoms with Crippen LogP contribution in [0.5, 0.6) is 0 Å². The minimum Gasteiger partial charge on any atom is -0.310 e. The minimum atomic E-state index is -0.181. The molecule has 1 aromatic heterocycles. The Balaban J connectivity index is 2.04. The van der Waals surface area contributed by atoms with Crippen LogP contribution in [0, 0.1) is 0 Å². The van der Waals surface area contributed by atoms with Crippen LogP contribution in [0.1, 0.15) is 18.4 Å². The van der Waals surface area contributed by atoms with E-state index < -0.39 is 0 Å². The van der Waals surface area contributed by atoms with Crippen LogP contribution in [0.15, 0.2) is 30.5 Å². The molecule has 3 rings (SSSR count). The van der Waals surface area contributed by atoms with Gasteiger partial charge in [0.25, 0.3) is 0 Å². The molecular formula is C13H10ClN3O. The van der Waals surface area contributed by atoms with E-state index >= 15 is 0 Å². The van der Waals surface area contributed by atoms with E-state index in [1.54, 1.807) is 18.3 Å². The highest BCUT2D eigenvalue weighted by molar-refractivity contribution is 6.30. The van der Waals surface area contributed by atoms with Gasteiger partial charge in [-0.3, -0.25) is 4.79 Å². The van der Waals surface area contributed by atoms with Crippen molar-refractivity contribution in [2.24, 2.45) is 0 Å². The fourth-order valence-electron chi connectivity index (χ4n) is 1.91. The van der Waals surface area contributed by atoms with Crippen LogP contribution < -0.4 is 5.32 Å². The third-order valence-electron chi connectivity index (χ3n) is 3.02. The summed E-state index contributed by atoms with van der Waals surface area (Å²) in [5.41, 5.74) is 1.72. The van der Waals surface area contributed by atoms with Crippen LogP contribution in [0.4, 0.5) is 5.82 Å². The largest absolute Gasteiger partial charge is 0.310 e. The second-order valence-corrected chi connectivity index (χ2v) is 4.65. The van der Waals surface area contributed by atoms with Gasteiger partial charge in [0.15, 0.2) is 5.82 Å². The molecule has 1 amide bonds. The highest BCUT2D eigenvalue weighted by Crippen LogP contribution is 2.31. The maximum atomic E-state index is 11.5. The van der Waals surface area contributed by atoms with Gasteiger partial charge < -0.3 is 5.32 Å². The lowest BCUT2D eigenvalue weighted by Gasteiger charge is -2.03. The number of nitrogens with one attached hydrogen (secondary N) is 1. The summed E-state index contributed by atoms with van der Waals surface area (Å²) in [4.78, 5) is 20.2. The number of fused-ring (bicyclic) bond motifs is 1. The molecule has 1 aliphatic heterocycles. The van der Waals surface area contributed by atoms with Gasteiger partial charge in [-0.25, -0.2) is 9.97 Å². The van der Waals surface area contributed by atoms with Crippen molar-refractivity contribution >= 4 is 23.3 Å². The van der Waals surface area contributed by atoms with E-state index in [9.17, 15) is 4.79 Å². The van der Waals surface area contributed by atoms with Crippen LogP contribution in [0.25, 0.3) is 11.4 Å². The number of carbonyl (C=O) groups is 1. The fraction of sp³-hybridized carbons (Fsp3) is 0.154. The summed E-state index contributed by atoms with van der Waals surface area (Å²) in [6.45, 7) is 1.84. The van der Waals surface area contributed by atoms with E-state index in [4.69, 9.17) is 11.6 Å². The molecule has 2 aromatic rings. The normalized spacial score (nSPS) is 17.4. The summed E-state index contributed by atoms with van der Waals surface area (Å²) in [6.07, 6.45) is 1.70. The molecule has 0 aliphatic carbocycles. The smallest absolute Gasteiger partial charge is 0.232 e. The first-order chi connectivity index (χ1) is 8.65. The third-order valence-corrected chi connectivity index (χ3v) is 3.27. The quantitative estimate of drug-likeness (QED) is 0.857. The Labute approximate surface area is 109 Å². The van der Waals surface area contributed by atoms with Gasteiger partial charge in [-0.05, 0) is 31.2 Å². The standard InChI is InChI=1S/C13H10ClN3O/c1-7-10-6-15-11(16-12(10)17-13(7)18)8-2-4-9(14)5-3-8/h2-7H,1H3,(H,15,16,17,18). The van der Waals surface area contributed by atoms with E-state index in [1.807, 2.05) is 19.1 Å². The van der Waals surface area contributed by atoms with Gasteiger partial charge in [0.05, 0.1) is 5.92 Å². The maximum absolute atomic E-state index is 11.5. The molecule has 0 saturated heterocycles. The Morgan fingerprint density at radius 2 is 2.00 bits per heavy atom. The molecule has 0 spiro atoms. The van der Waals surface area contributed by atoms with Gasteiger partial charge >= 0.3 is 0 Å². The Hall–Kier alpha value is -1.94. The Morgan fingerprint density at radius 1 is 1.28 bits per heavy atom. The van der Waals surface area contributed by atoms with Crippen LogP contribution in [0.2, 0.25) is 5.02 Å². The lowest BCUT2D eigenvalue weighted by molar-refractivity contribution is -0.116. The monoisotopic (exact) mass is 259 g/mol. The topological polar surface area (TPSA) is 54.9 Å². The van der Waals surface area contributed by atoms with E-state index in [0.29, 0.717) is 16.7 Å². The highest BCUT2D eigenvalue weighted by Gasteiger charge is 2.28. The molecule has 0 saturated carbocycles. The second-order valence-electron chi connectivity index (χ2n) is 4.22. The Kier molecular flexibility index (Phi) is 2.52. The number of anilines is 1. The number of benzene rings is 1. The summed E-state index contributed by atoms with van der Waals surface area (Å²) in [5.74, 6) is 0.971. The fourth-order valence-corrected chi connectivity index (χ4v) is 2.04. The van der Waals surface area contributed by atoms with Crippen molar-refractivity contribution in [3.05, 3.63) is 41.0 Å². The predicted octanol–water partition coefficient (Wildman–Crippen LogP) is 2.85. The van der Waals surface area contributed by atoms with Crippen LogP contribution >= 0.6 is 11.6 Å². The molecule has 0 bridgehead atoms. The van der Waals surface area contributed by atoms with Crippen molar-refractivity contribution in [2.75, 3.05) is 5.32 Å². The lowest BCUT2D eigenvalue weighted by atomic mass is 10.1. The molecule has 5 heteroatoms. The molecule has 2 heterocycles. The van der Waals surface area contributed by atoms with Gasteiger partial charge in [-0.2, -0.15) is 0 Å². The van der Waals surface area contributed by atoms with Gasteiger partial charge in [-0.1, -0.05) is 11.6 Å². The molecular weight excluding hydrogens is 250 g/mol. The number of hydrogen-bond donors (Lipinski definition) is 1. The molecule has 90 valence electrons.